The van der Waals surface area contributed by atoms with Crippen molar-refractivity contribution >= 4 is 72.3 Å². The minimum absolute atomic E-state index is 1.11. The largest absolute Gasteiger partial charge is 0.302 e. The van der Waals surface area contributed by atoms with E-state index in [1.54, 1.807) is 0 Å². The predicted octanol–water partition coefficient (Wildman–Crippen LogP) is 12.5. The highest BCUT2D eigenvalue weighted by Gasteiger charge is 2.19. The summed E-state index contributed by atoms with van der Waals surface area (Å²) in [6.45, 7) is 0. The molecule has 5 aromatic carbocycles. The minimum Gasteiger partial charge on any atom is -0.302 e. The number of thiophene rings is 2. The number of benzene rings is 5. The molecule has 0 spiro atoms. The Labute approximate surface area is 266 Å². The van der Waals surface area contributed by atoms with Crippen LogP contribution in [0.2, 0.25) is 0 Å². The molecular weight excluding hydrogens is 573 g/mol. The third kappa shape index (κ3) is 5.13. The number of allylic oxidation sites excluding steroid dienone is 1. The first-order chi connectivity index (χ1) is 21.8. The van der Waals surface area contributed by atoms with E-state index in [9.17, 15) is 0 Å². The van der Waals surface area contributed by atoms with Crippen LogP contribution in [0.15, 0.2) is 152 Å². The fourth-order valence-corrected chi connectivity index (χ4v) is 8.18. The van der Waals surface area contributed by atoms with Gasteiger partial charge in [0.15, 0.2) is 0 Å². The summed E-state index contributed by atoms with van der Waals surface area (Å²) in [5.41, 5.74) is 7.42. The fourth-order valence-electron chi connectivity index (χ4n) is 5.99. The first-order valence-corrected chi connectivity index (χ1v) is 16.6. The zero-order valence-electron chi connectivity index (χ0n) is 24.1. The molecule has 0 N–H and O–H groups in total. The van der Waals surface area contributed by atoms with Crippen molar-refractivity contribution in [1.29, 1.82) is 0 Å². The van der Waals surface area contributed by atoms with Crippen LogP contribution in [0.4, 0.5) is 32.8 Å². The second kappa shape index (κ2) is 11.6. The number of para-hydroxylation sites is 2. The highest BCUT2D eigenvalue weighted by atomic mass is 32.1. The monoisotopic (exact) mass is 602 g/mol. The first-order valence-electron chi connectivity index (χ1n) is 15.0. The van der Waals surface area contributed by atoms with Gasteiger partial charge in [0.05, 0.1) is 0 Å². The molecule has 2 heterocycles. The van der Waals surface area contributed by atoms with Crippen LogP contribution in [0.5, 0.6) is 0 Å². The quantitative estimate of drug-likeness (QED) is 0.179. The van der Waals surface area contributed by atoms with Crippen molar-refractivity contribution in [3.63, 3.8) is 0 Å². The van der Waals surface area contributed by atoms with Gasteiger partial charge in [-0.3, -0.25) is 0 Å². The molecule has 2 aromatic heterocycles. The summed E-state index contributed by atoms with van der Waals surface area (Å²) in [4.78, 5) is 7.28. The molecule has 1 aliphatic carbocycles. The summed E-state index contributed by atoms with van der Waals surface area (Å²) in [6, 6.07) is 52.6. The Kier molecular flexibility index (Phi) is 7.07. The maximum atomic E-state index is 2.39. The van der Waals surface area contributed by atoms with E-state index in [1.807, 2.05) is 22.7 Å². The molecule has 0 amide bonds. The van der Waals surface area contributed by atoms with Crippen molar-refractivity contribution in [2.45, 2.75) is 12.8 Å². The van der Waals surface area contributed by atoms with Crippen LogP contribution < -0.4 is 9.80 Å². The van der Waals surface area contributed by atoms with Crippen LogP contribution in [0.1, 0.15) is 17.5 Å². The first kappa shape index (κ1) is 26.7. The van der Waals surface area contributed by atoms with Crippen LogP contribution in [0.3, 0.4) is 0 Å². The number of nitrogens with zero attached hydrogens (tertiary/aromatic N) is 2. The van der Waals surface area contributed by atoms with Gasteiger partial charge in [0, 0.05) is 32.5 Å². The lowest BCUT2D eigenvalue weighted by Crippen LogP contribution is -2.09. The van der Waals surface area contributed by atoms with Crippen molar-refractivity contribution in [2.24, 2.45) is 0 Å². The molecule has 0 radical (unpaired) electrons. The van der Waals surface area contributed by atoms with Crippen molar-refractivity contribution in [3.05, 3.63) is 163 Å². The normalized spacial score (nSPS) is 12.3. The molecular formula is C40H30N2S2. The zero-order valence-corrected chi connectivity index (χ0v) is 25.8. The van der Waals surface area contributed by atoms with Gasteiger partial charge in [-0.05, 0) is 108 Å². The van der Waals surface area contributed by atoms with Crippen LogP contribution in [-0.2, 0) is 6.42 Å². The van der Waals surface area contributed by atoms with Crippen LogP contribution in [0.25, 0.3) is 26.6 Å². The van der Waals surface area contributed by atoms with Crippen molar-refractivity contribution < 1.29 is 0 Å². The number of hydrogen-bond donors (Lipinski definition) is 0. The molecule has 4 heteroatoms. The van der Waals surface area contributed by atoms with Gasteiger partial charge in [0.2, 0.25) is 0 Å². The summed E-state index contributed by atoms with van der Waals surface area (Å²) in [5.74, 6) is 0. The number of hydrogen-bond acceptors (Lipinski definition) is 4. The SMILES string of the molecule is C1=Cc2cc(N(c3ccccc3)c3ccc(-c4ccc(N(c5ccccc5)c5ccc6ccccc6c5)s4)s3)ccc2CC1. The smallest absolute Gasteiger partial charge is 0.101 e. The summed E-state index contributed by atoms with van der Waals surface area (Å²) < 4.78 is 0. The van der Waals surface area contributed by atoms with Crippen molar-refractivity contribution in [2.75, 3.05) is 9.80 Å². The summed E-state index contributed by atoms with van der Waals surface area (Å²) >= 11 is 3.67. The van der Waals surface area contributed by atoms with Gasteiger partial charge in [-0.1, -0.05) is 84.9 Å². The van der Waals surface area contributed by atoms with E-state index in [1.165, 1.54) is 53.0 Å². The average molecular weight is 603 g/mol. The average Bonchev–Trinajstić information content (AvgIpc) is 3.77. The minimum atomic E-state index is 1.11. The van der Waals surface area contributed by atoms with Gasteiger partial charge in [-0.25, -0.2) is 0 Å². The third-order valence-corrected chi connectivity index (χ3v) is 10.5. The van der Waals surface area contributed by atoms with Crippen LogP contribution in [0, 0.1) is 0 Å². The van der Waals surface area contributed by atoms with E-state index >= 15 is 0 Å². The Morgan fingerprint density at radius 3 is 1.68 bits per heavy atom. The van der Waals surface area contributed by atoms with Gasteiger partial charge in [-0.2, -0.15) is 0 Å². The number of rotatable bonds is 7. The second-order valence-electron chi connectivity index (χ2n) is 11.0. The summed E-state index contributed by atoms with van der Waals surface area (Å²) in [5, 5.41) is 4.89. The van der Waals surface area contributed by atoms with Crippen molar-refractivity contribution in [1.82, 2.24) is 0 Å². The third-order valence-electron chi connectivity index (χ3n) is 8.15. The Hall–Kier alpha value is -4.90. The lowest BCUT2D eigenvalue weighted by atomic mass is 9.96. The Bertz CT molecular complexity index is 2090. The summed E-state index contributed by atoms with van der Waals surface area (Å²) in [6.07, 6.45) is 6.79. The molecule has 212 valence electrons. The van der Waals surface area contributed by atoms with Crippen LogP contribution in [-0.4, -0.2) is 0 Å². The second-order valence-corrected chi connectivity index (χ2v) is 13.1. The molecule has 0 bridgehead atoms. The standard InChI is InChI=1S/C40H30N2S2/c1-3-15-33(16-4-1)41(35-21-19-29-11-7-9-13-31(29)27-35)39-25-23-37(43-39)38-24-26-40(44-38)42(34-17-5-2-6-18-34)36-22-20-30-12-8-10-14-32(30)28-36/h1-7,9-11,13-28H,8,12H2. The van der Waals surface area contributed by atoms with Gasteiger partial charge in [0.1, 0.15) is 10.0 Å². The zero-order chi connectivity index (χ0) is 29.3. The summed E-state index contributed by atoms with van der Waals surface area (Å²) in [7, 11) is 0. The molecule has 8 rings (SSSR count). The van der Waals surface area contributed by atoms with E-state index in [0.717, 1.165) is 24.2 Å². The molecule has 7 aromatic rings. The fraction of sp³-hybridized carbons (Fsp3) is 0.0500. The van der Waals surface area contributed by atoms with Crippen molar-refractivity contribution in [3.8, 4) is 9.75 Å². The van der Waals surface area contributed by atoms with E-state index in [-0.39, 0.29) is 0 Å². The molecule has 0 saturated carbocycles. The molecule has 0 fully saturated rings. The Balaban J connectivity index is 1.17. The highest BCUT2D eigenvalue weighted by molar-refractivity contribution is 7.26. The number of anilines is 6. The highest BCUT2D eigenvalue weighted by Crippen LogP contribution is 2.47. The van der Waals surface area contributed by atoms with Gasteiger partial charge >= 0.3 is 0 Å². The van der Waals surface area contributed by atoms with E-state index < -0.39 is 0 Å². The molecule has 1 aliphatic rings. The number of fused-ring (bicyclic) bond motifs is 2. The number of aryl methyl sites for hydroxylation is 1. The Morgan fingerprint density at radius 1 is 0.455 bits per heavy atom. The maximum absolute atomic E-state index is 2.39. The predicted molar refractivity (Wildman–Crippen MR) is 192 cm³/mol. The molecule has 0 saturated heterocycles. The molecule has 0 unspecified atom stereocenters. The molecule has 0 aliphatic heterocycles. The van der Waals surface area contributed by atoms with E-state index in [0.29, 0.717) is 0 Å². The lowest BCUT2D eigenvalue weighted by molar-refractivity contribution is 0.985. The van der Waals surface area contributed by atoms with Gasteiger partial charge < -0.3 is 9.80 Å². The Morgan fingerprint density at radius 2 is 1.02 bits per heavy atom. The van der Waals surface area contributed by atoms with Crippen LogP contribution >= 0.6 is 22.7 Å². The molecule has 2 nitrogen and oxygen atoms in total. The topological polar surface area (TPSA) is 6.48 Å². The molecule has 44 heavy (non-hydrogen) atoms. The lowest BCUT2D eigenvalue weighted by Gasteiger charge is -2.25. The molecule has 0 atom stereocenters. The van der Waals surface area contributed by atoms with E-state index in [4.69, 9.17) is 0 Å². The van der Waals surface area contributed by atoms with Gasteiger partial charge in [0.25, 0.3) is 0 Å². The maximum Gasteiger partial charge on any atom is 0.101 e. The van der Waals surface area contributed by atoms with E-state index in [2.05, 4.69) is 168 Å². The van der Waals surface area contributed by atoms with Gasteiger partial charge in [-0.15, -0.1) is 22.7 Å².